The number of rotatable bonds is 5. The Labute approximate surface area is 165 Å². The third kappa shape index (κ3) is 3.84. The van der Waals surface area contributed by atoms with Crippen LogP contribution in [-0.4, -0.2) is 29.4 Å². The van der Waals surface area contributed by atoms with Crippen LogP contribution >= 0.6 is 0 Å². The second-order valence-corrected chi connectivity index (χ2v) is 7.93. The van der Waals surface area contributed by atoms with Crippen molar-refractivity contribution in [3.05, 3.63) is 59.3 Å². The summed E-state index contributed by atoms with van der Waals surface area (Å²) in [6, 6.07) is 13.2. The molecule has 2 aromatic carbocycles. The van der Waals surface area contributed by atoms with Gasteiger partial charge < -0.3 is 19.1 Å². The number of carbonyl (C=O) groups is 1. The number of aromatic hydroxyl groups is 1. The van der Waals surface area contributed by atoms with Gasteiger partial charge in [-0.05, 0) is 48.2 Å². The van der Waals surface area contributed by atoms with Crippen LogP contribution in [0.1, 0.15) is 42.4 Å². The van der Waals surface area contributed by atoms with Crippen LogP contribution in [0.5, 0.6) is 11.5 Å². The van der Waals surface area contributed by atoms with E-state index >= 15 is 0 Å². The van der Waals surface area contributed by atoms with E-state index in [1.165, 1.54) is 12.7 Å². The van der Waals surface area contributed by atoms with Gasteiger partial charge >= 0.3 is 5.97 Å². The van der Waals surface area contributed by atoms with Gasteiger partial charge in [0.15, 0.2) is 0 Å². The second kappa shape index (κ2) is 7.58. The Morgan fingerprint density at radius 3 is 2.39 bits per heavy atom. The molecule has 0 bridgehead atoms. The van der Waals surface area contributed by atoms with E-state index in [9.17, 15) is 9.90 Å². The molecule has 5 nitrogen and oxygen atoms in total. The SMILES string of the molecule is COC(=O)c1c(C)n(CCOc2ccc(C(C)(C)C)cc2)c2ccc(O)cc12. The summed E-state index contributed by atoms with van der Waals surface area (Å²) in [7, 11) is 1.36. The first-order chi connectivity index (χ1) is 13.2. The average Bonchev–Trinajstić information content (AvgIpc) is 2.92. The molecule has 148 valence electrons. The fraction of sp³-hybridized carbons (Fsp3) is 0.348. The molecule has 28 heavy (non-hydrogen) atoms. The van der Waals surface area contributed by atoms with E-state index in [4.69, 9.17) is 9.47 Å². The zero-order chi connectivity index (χ0) is 20.5. The molecule has 0 spiro atoms. The van der Waals surface area contributed by atoms with Gasteiger partial charge in [-0.1, -0.05) is 32.9 Å². The van der Waals surface area contributed by atoms with Crippen molar-refractivity contribution in [2.45, 2.75) is 39.7 Å². The first kappa shape index (κ1) is 19.8. The van der Waals surface area contributed by atoms with E-state index in [0.29, 0.717) is 24.1 Å². The number of nitrogens with zero attached hydrogens (tertiary/aromatic N) is 1. The highest BCUT2D eigenvalue weighted by Gasteiger charge is 2.21. The van der Waals surface area contributed by atoms with Gasteiger partial charge in [-0.15, -0.1) is 0 Å². The third-order valence-electron chi connectivity index (χ3n) is 5.00. The number of carbonyl (C=O) groups excluding carboxylic acids is 1. The second-order valence-electron chi connectivity index (χ2n) is 7.93. The van der Waals surface area contributed by atoms with Crippen LogP contribution in [0.25, 0.3) is 10.9 Å². The van der Waals surface area contributed by atoms with Gasteiger partial charge in [0.05, 0.1) is 19.2 Å². The number of hydrogen-bond donors (Lipinski definition) is 1. The van der Waals surface area contributed by atoms with Crippen LogP contribution in [0.2, 0.25) is 0 Å². The topological polar surface area (TPSA) is 60.7 Å². The number of fused-ring (bicyclic) bond motifs is 1. The third-order valence-corrected chi connectivity index (χ3v) is 5.00. The Balaban J connectivity index is 1.81. The van der Waals surface area contributed by atoms with Crippen molar-refractivity contribution in [2.24, 2.45) is 0 Å². The van der Waals surface area contributed by atoms with Crippen molar-refractivity contribution < 1.29 is 19.4 Å². The van der Waals surface area contributed by atoms with Gasteiger partial charge in [0.25, 0.3) is 0 Å². The van der Waals surface area contributed by atoms with Crippen LogP contribution in [0, 0.1) is 6.92 Å². The lowest BCUT2D eigenvalue weighted by molar-refractivity contribution is 0.0601. The largest absolute Gasteiger partial charge is 0.508 e. The van der Waals surface area contributed by atoms with E-state index in [-0.39, 0.29) is 11.2 Å². The van der Waals surface area contributed by atoms with Crippen LogP contribution in [-0.2, 0) is 16.7 Å². The van der Waals surface area contributed by atoms with Gasteiger partial charge in [-0.2, -0.15) is 0 Å². The highest BCUT2D eigenvalue weighted by atomic mass is 16.5. The quantitative estimate of drug-likeness (QED) is 0.644. The minimum atomic E-state index is -0.412. The number of phenols is 1. The van der Waals surface area contributed by atoms with E-state index in [1.807, 2.05) is 29.7 Å². The predicted molar refractivity (Wildman–Crippen MR) is 110 cm³/mol. The summed E-state index contributed by atoms with van der Waals surface area (Å²) in [6.45, 7) is 9.45. The molecule has 0 atom stereocenters. The van der Waals surface area contributed by atoms with Crippen molar-refractivity contribution in [1.29, 1.82) is 0 Å². The first-order valence-electron chi connectivity index (χ1n) is 9.36. The molecule has 5 heteroatoms. The maximum absolute atomic E-state index is 12.2. The molecule has 0 fully saturated rings. The summed E-state index contributed by atoms with van der Waals surface area (Å²) in [5, 5.41) is 10.5. The van der Waals surface area contributed by atoms with Crippen molar-refractivity contribution in [3.63, 3.8) is 0 Å². The highest BCUT2D eigenvalue weighted by Crippen LogP contribution is 2.30. The van der Waals surface area contributed by atoms with Gasteiger partial charge in [-0.3, -0.25) is 0 Å². The average molecular weight is 381 g/mol. The molecule has 0 saturated heterocycles. The number of aromatic nitrogens is 1. The molecule has 1 N–H and O–H groups in total. The molecule has 3 rings (SSSR count). The van der Waals surface area contributed by atoms with Crippen LogP contribution < -0.4 is 4.74 Å². The lowest BCUT2D eigenvalue weighted by atomic mass is 9.87. The fourth-order valence-electron chi connectivity index (χ4n) is 3.42. The Morgan fingerprint density at radius 1 is 1.11 bits per heavy atom. The summed E-state index contributed by atoms with van der Waals surface area (Å²) in [4.78, 5) is 12.2. The van der Waals surface area contributed by atoms with E-state index in [0.717, 1.165) is 17.0 Å². The molecule has 0 saturated carbocycles. The van der Waals surface area contributed by atoms with Crippen molar-refractivity contribution in [3.8, 4) is 11.5 Å². The highest BCUT2D eigenvalue weighted by molar-refractivity contribution is 6.06. The molecule has 1 aromatic heterocycles. The number of phenolic OH excluding ortho intramolecular Hbond substituents is 1. The standard InChI is InChI=1S/C23H27NO4/c1-15-21(22(26)27-5)19-14-17(25)8-11-20(19)24(15)12-13-28-18-9-6-16(7-10-18)23(2,3)4/h6-11,14,25H,12-13H2,1-5H3. The predicted octanol–water partition coefficient (Wildman–Crippen LogP) is 4.82. The number of benzene rings is 2. The number of hydrogen-bond acceptors (Lipinski definition) is 4. The zero-order valence-electron chi connectivity index (χ0n) is 17.1. The van der Waals surface area contributed by atoms with Gasteiger partial charge in [0.1, 0.15) is 18.1 Å². The van der Waals surface area contributed by atoms with E-state index < -0.39 is 5.97 Å². The minimum Gasteiger partial charge on any atom is -0.508 e. The van der Waals surface area contributed by atoms with Gasteiger partial charge in [0, 0.05) is 16.6 Å². The molecule has 0 aliphatic rings. The summed E-state index contributed by atoms with van der Waals surface area (Å²) < 4.78 is 12.9. The minimum absolute atomic E-state index is 0.107. The molecule has 0 radical (unpaired) electrons. The lowest BCUT2D eigenvalue weighted by Crippen LogP contribution is -2.12. The fourth-order valence-corrected chi connectivity index (χ4v) is 3.42. The molecule has 0 unspecified atom stereocenters. The Bertz CT molecular complexity index is 994. The maximum Gasteiger partial charge on any atom is 0.340 e. The summed E-state index contributed by atoms with van der Waals surface area (Å²) in [5.41, 5.74) is 3.49. The monoisotopic (exact) mass is 381 g/mol. The van der Waals surface area contributed by atoms with Crippen LogP contribution in [0.4, 0.5) is 0 Å². The van der Waals surface area contributed by atoms with Crippen LogP contribution in [0.3, 0.4) is 0 Å². The molecule has 3 aromatic rings. The lowest BCUT2D eigenvalue weighted by Gasteiger charge is -2.19. The smallest absolute Gasteiger partial charge is 0.340 e. The summed E-state index contributed by atoms with van der Waals surface area (Å²) in [5.74, 6) is 0.517. The normalized spacial score (nSPS) is 11.6. The molecular weight excluding hydrogens is 354 g/mol. The molecule has 0 aliphatic heterocycles. The number of methoxy groups -OCH3 is 1. The van der Waals surface area contributed by atoms with E-state index in [1.54, 1.807) is 12.1 Å². The summed E-state index contributed by atoms with van der Waals surface area (Å²) in [6.07, 6.45) is 0. The first-order valence-corrected chi connectivity index (χ1v) is 9.36. The Hall–Kier alpha value is -2.95. The maximum atomic E-state index is 12.2. The van der Waals surface area contributed by atoms with E-state index in [2.05, 4.69) is 32.9 Å². The van der Waals surface area contributed by atoms with Crippen molar-refractivity contribution in [1.82, 2.24) is 4.57 Å². The van der Waals surface area contributed by atoms with Crippen molar-refractivity contribution in [2.75, 3.05) is 13.7 Å². The molecular formula is C23H27NO4. The number of esters is 1. The molecule has 0 amide bonds. The number of ether oxygens (including phenoxy) is 2. The Kier molecular flexibility index (Phi) is 5.36. The van der Waals surface area contributed by atoms with Crippen molar-refractivity contribution >= 4 is 16.9 Å². The Morgan fingerprint density at radius 2 is 1.79 bits per heavy atom. The van der Waals surface area contributed by atoms with Crippen LogP contribution in [0.15, 0.2) is 42.5 Å². The molecule has 1 heterocycles. The summed E-state index contributed by atoms with van der Waals surface area (Å²) >= 11 is 0. The van der Waals surface area contributed by atoms with Gasteiger partial charge in [-0.25, -0.2) is 4.79 Å². The molecule has 0 aliphatic carbocycles. The van der Waals surface area contributed by atoms with Gasteiger partial charge in [0.2, 0.25) is 0 Å². The zero-order valence-corrected chi connectivity index (χ0v) is 17.1.